The Labute approximate surface area is 195 Å². The number of aryl methyl sites for hydroxylation is 1. The Morgan fingerprint density at radius 3 is 2.21 bits per heavy atom. The number of nitrogens with zero attached hydrogens (tertiary/aromatic N) is 2. The molecule has 6 nitrogen and oxygen atoms in total. The summed E-state index contributed by atoms with van der Waals surface area (Å²) < 4.78 is 27.4. The Bertz CT molecular complexity index is 1190. The van der Waals surface area contributed by atoms with E-state index in [1.54, 1.807) is 16.4 Å². The van der Waals surface area contributed by atoms with Crippen LogP contribution in [0.15, 0.2) is 83.8 Å². The molecule has 0 aliphatic carbocycles. The van der Waals surface area contributed by atoms with Crippen LogP contribution in [0.5, 0.6) is 0 Å². The van der Waals surface area contributed by atoms with Gasteiger partial charge in [-0.15, -0.1) is 0 Å². The second-order valence-electron chi connectivity index (χ2n) is 8.36. The van der Waals surface area contributed by atoms with Gasteiger partial charge in [0.2, 0.25) is 10.0 Å². The van der Waals surface area contributed by atoms with Crippen LogP contribution >= 0.6 is 0 Å². The Morgan fingerprint density at radius 2 is 1.52 bits per heavy atom. The maximum absolute atomic E-state index is 12.9. The SMILES string of the molecule is Cc1ccc(S(=O)(=O)N2CCN(Cc3cccc(C(=O)NCc4ccccc4)c3)CC2)cc1. The Kier molecular flexibility index (Phi) is 7.23. The Balaban J connectivity index is 1.32. The van der Waals surface area contributed by atoms with E-state index in [1.807, 2.05) is 73.7 Å². The number of carbonyl (C=O) groups is 1. The minimum atomic E-state index is -3.47. The maximum atomic E-state index is 12.9. The highest BCUT2D eigenvalue weighted by molar-refractivity contribution is 7.89. The van der Waals surface area contributed by atoms with Gasteiger partial charge in [-0.05, 0) is 42.3 Å². The highest BCUT2D eigenvalue weighted by Gasteiger charge is 2.28. The number of nitrogens with one attached hydrogen (secondary N) is 1. The molecule has 0 aromatic heterocycles. The van der Waals surface area contributed by atoms with Crippen molar-refractivity contribution in [2.75, 3.05) is 26.2 Å². The fourth-order valence-electron chi connectivity index (χ4n) is 3.94. The van der Waals surface area contributed by atoms with Crippen LogP contribution in [-0.2, 0) is 23.1 Å². The first-order chi connectivity index (χ1) is 15.9. The van der Waals surface area contributed by atoms with Gasteiger partial charge in [-0.3, -0.25) is 9.69 Å². The lowest BCUT2D eigenvalue weighted by Crippen LogP contribution is -2.48. The summed E-state index contributed by atoms with van der Waals surface area (Å²) in [7, 11) is -3.47. The molecule has 0 saturated carbocycles. The molecule has 0 unspecified atom stereocenters. The second-order valence-corrected chi connectivity index (χ2v) is 10.3. The molecule has 1 fully saturated rings. The highest BCUT2D eigenvalue weighted by Crippen LogP contribution is 2.19. The van der Waals surface area contributed by atoms with Gasteiger partial charge in [0.1, 0.15) is 0 Å². The number of hydrogen-bond donors (Lipinski definition) is 1. The van der Waals surface area contributed by atoms with Crippen molar-refractivity contribution >= 4 is 15.9 Å². The van der Waals surface area contributed by atoms with Crippen LogP contribution in [0.1, 0.15) is 27.0 Å². The molecule has 1 aliphatic rings. The molecule has 1 N–H and O–H groups in total. The Hall–Kier alpha value is -3.00. The normalized spacial score (nSPS) is 15.3. The number of benzene rings is 3. The quantitative estimate of drug-likeness (QED) is 0.583. The van der Waals surface area contributed by atoms with Gasteiger partial charge in [-0.2, -0.15) is 4.31 Å². The molecule has 1 heterocycles. The molecule has 0 bridgehead atoms. The van der Waals surface area contributed by atoms with Crippen molar-refractivity contribution in [1.82, 2.24) is 14.5 Å². The van der Waals surface area contributed by atoms with E-state index >= 15 is 0 Å². The van der Waals surface area contributed by atoms with Crippen molar-refractivity contribution in [3.8, 4) is 0 Å². The fourth-order valence-corrected chi connectivity index (χ4v) is 5.36. The number of rotatable bonds is 7. The average Bonchev–Trinajstić information content (AvgIpc) is 2.84. The number of piperazine rings is 1. The standard InChI is InChI=1S/C26H29N3O3S/c1-21-10-12-25(13-11-21)33(31,32)29-16-14-28(15-17-29)20-23-8-5-9-24(18-23)26(30)27-19-22-6-3-2-4-7-22/h2-13,18H,14-17,19-20H2,1H3,(H,27,30). The van der Waals surface area contributed by atoms with Gasteiger partial charge < -0.3 is 5.32 Å². The van der Waals surface area contributed by atoms with E-state index in [4.69, 9.17) is 0 Å². The molecule has 7 heteroatoms. The third-order valence-electron chi connectivity index (χ3n) is 5.88. The minimum Gasteiger partial charge on any atom is -0.348 e. The van der Waals surface area contributed by atoms with Crippen molar-refractivity contribution < 1.29 is 13.2 Å². The van der Waals surface area contributed by atoms with Gasteiger partial charge in [-0.1, -0.05) is 60.2 Å². The smallest absolute Gasteiger partial charge is 0.251 e. The molecule has 33 heavy (non-hydrogen) atoms. The molecule has 0 atom stereocenters. The molecule has 0 radical (unpaired) electrons. The number of amides is 1. The van der Waals surface area contributed by atoms with Crippen molar-refractivity contribution in [2.24, 2.45) is 0 Å². The van der Waals surface area contributed by atoms with Crippen LogP contribution < -0.4 is 5.32 Å². The molecule has 3 aromatic rings. The lowest BCUT2D eigenvalue weighted by molar-refractivity contribution is 0.0950. The van der Waals surface area contributed by atoms with Crippen molar-refractivity contribution in [3.63, 3.8) is 0 Å². The van der Waals surface area contributed by atoms with Gasteiger partial charge in [0.25, 0.3) is 5.91 Å². The summed E-state index contributed by atoms with van der Waals surface area (Å²) in [6.45, 7) is 5.31. The summed E-state index contributed by atoms with van der Waals surface area (Å²) in [6.07, 6.45) is 0. The summed E-state index contributed by atoms with van der Waals surface area (Å²) in [5, 5.41) is 2.96. The van der Waals surface area contributed by atoms with Gasteiger partial charge in [-0.25, -0.2) is 8.42 Å². The molecular weight excluding hydrogens is 434 g/mol. The van der Waals surface area contributed by atoms with E-state index in [1.165, 1.54) is 0 Å². The van der Waals surface area contributed by atoms with Gasteiger partial charge in [0, 0.05) is 44.8 Å². The third-order valence-corrected chi connectivity index (χ3v) is 7.79. The molecule has 1 amide bonds. The van der Waals surface area contributed by atoms with Gasteiger partial charge in [0.15, 0.2) is 0 Å². The van der Waals surface area contributed by atoms with Crippen LogP contribution in [0.2, 0.25) is 0 Å². The lowest BCUT2D eigenvalue weighted by Gasteiger charge is -2.34. The summed E-state index contributed by atoms with van der Waals surface area (Å²) in [6, 6.07) is 24.4. The number of hydrogen-bond acceptors (Lipinski definition) is 4. The van der Waals surface area contributed by atoms with Crippen LogP contribution in [-0.4, -0.2) is 49.7 Å². The molecule has 1 aliphatic heterocycles. The molecule has 4 rings (SSSR count). The topological polar surface area (TPSA) is 69.7 Å². The largest absolute Gasteiger partial charge is 0.348 e. The summed E-state index contributed by atoms with van der Waals surface area (Å²) in [5.41, 5.74) is 3.76. The third kappa shape index (κ3) is 5.87. The summed E-state index contributed by atoms with van der Waals surface area (Å²) in [5.74, 6) is -0.102. The zero-order valence-electron chi connectivity index (χ0n) is 18.8. The van der Waals surface area contributed by atoms with Crippen LogP contribution in [0.3, 0.4) is 0 Å². The number of carbonyl (C=O) groups excluding carboxylic acids is 1. The summed E-state index contributed by atoms with van der Waals surface area (Å²) in [4.78, 5) is 15.1. The van der Waals surface area contributed by atoms with Crippen LogP contribution in [0, 0.1) is 6.92 Å². The van der Waals surface area contributed by atoms with Gasteiger partial charge in [0.05, 0.1) is 4.90 Å². The van der Waals surface area contributed by atoms with E-state index < -0.39 is 10.0 Å². The van der Waals surface area contributed by atoms with Gasteiger partial charge >= 0.3 is 0 Å². The van der Waals surface area contributed by atoms with E-state index in [0.717, 1.165) is 16.7 Å². The number of sulfonamides is 1. The van der Waals surface area contributed by atoms with E-state index in [9.17, 15) is 13.2 Å². The predicted molar refractivity (Wildman–Crippen MR) is 129 cm³/mol. The van der Waals surface area contributed by atoms with Crippen molar-refractivity contribution in [1.29, 1.82) is 0 Å². The van der Waals surface area contributed by atoms with E-state index in [0.29, 0.717) is 49.7 Å². The Morgan fingerprint density at radius 1 is 0.848 bits per heavy atom. The molecule has 3 aromatic carbocycles. The zero-order chi connectivity index (χ0) is 23.3. The predicted octanol–water partition coefficient (Wildman–Crippen LogP) is 3.43. The first-order valence-electron chi connectivity index (χ1n) is 11.1. The first kappa shape index (κ1) is 23.2. The average molecular weight is 464 g/mol. The molecule has 172 valence electrons. The molecule has 0 spiro atoms. The lowest BCUT2D eigenvalue weighted by atomic mass is 10.1. The summed E-state index contributed by atoms with van der Waals surface area (Å²) >= 11 is 0. The fraction of sp³-hybridized carbons (Fsp3) is 0.269. The van der Waals surface area contributed by atoms with Crippen LogP contribution in [0.25, 0.3) is 0 Å². The van der Waals surface area contributed by atoms with E-state index in [-0.39, 0.29) is 5.91 Å². The highest BCUT2D eigenvalue weighted by atomic mass is 32.2. The molecular formula is C26H29N3O3S. The minimum absolute atomic E-state index is 0.102. The second kappa shape index (κ2) is 10.3. The first-order valence-corrected chi connectivity index (χ1v) is 12.6. The van der Waals surface area contributed by atoms with Crippen LogP contribution in [0.4, 0.5) is 0 Å². The van der Waals surface area contributed by atoms with Crippen molar-refractivity contribution in [3.05, 3.63) is 101 Å². The monoisotopic (exact) mass is 463 g/mol. The van der Waals surface area contributed by atoms with Crippen molar-refractivity contribution in [2.45, 2.75) is 24.9 Å². The van der Waals surface area contributed by atoms with E-state index in [2.05, 4.69) is 10.2 Å². The maximum Gasteiger partial charge on any atom is 0.251 e. The molecule has 1 saturated heterocycles. The zero-order valence-corrected chi connectivity index (χ0v) is 19.6.